The van der Waals surface area contributed by atoms with Crippen LogP contribution in [-0.4, -0.2) is 20.3 Å². The van der Waals surface area contributed by atoms with Gasteiger partial charge in [-0.25, -0.2) is 0 Å². The Hall–Kier alpha value is -1.68. The predicted octanol–water partition coefficient (Wildman–Crippen LogP) is 4.70. The summed E-state index contributed by atoms with van der Waals surface area (Å²) in [7, 11) is 1.65. The Morgan fingerprint density at radius 1 is 0.714 bits per heavy atom. The van der Waals surface area contributed by atoms with Crippen molar-refractivity contribution in [3.63, 3.8) is 0 Å². The third-order valence-electron chi connectivity index (χ3n) is 2.95. The number of rotatable bonds is 8. The molecule has 21 heavy (non-hydrogen) atoms. The molecule has 3 nitrogen and oxygen atoms in total. The van der Waals surface area contributed by atoms with Gasteiger partial charge < -0.3 is 14.2 Å². The standard InChI is InChI=1S/C17H19BrO3/c1-19-15-8-10-17(11-9-15)21-13-3-2-12-20-16-6-4-14(18)5-7-16/h4-11H,2-3,12-13H2,1H3. The molecule has 0 saturated heterocycles. The van der Waals surface area contributed by atoms with Gasteiger partial charge in [-0.2, -0.15) is 0 Å². The van der Waals surface area contributed by atoms with Gasteiger partial charge in [0.1, 0.15) is 17.2 Å². The third kappa shape index (κ3) is 5.68. The molecule has 0 fully saturated rings. The molecule has 2 aromatic rings. The topological polar surface area (TPSA) is 27.7 Å². The van der Waals surface area contributed by atoms with Crippen molar-refractivity contribution in [2.45, 2.75) is 12.8 Å². The molecule has 0 atom stereocenters. The lowest BCUT2D eigenvalue weighted by Crippen LogP contribution is -2.02. The highest BCUT2D eigenvalue weighted by Crippen LogP contribution is 2.18. The van der Waals surface area contributed by atoms with Gasteiger partial charge in [-0.15, -0.1) is 0 Å². The van der Waals surface area contributed by atoms with Gasteiger partial charge in [0.25, 0.3) is 0 Å². The zero-order valence-corrected chi connectivity index (χ0v) is 13.6. The summed E-state index contributed by atoms with van der Waals surface area (Å²) in [6, 6.07) is 15.5. The van der Waals surface area contributed by atoms with Gasteiger partial charge in [-0.3, -0.25) is 0 Å². The average Bonchev–Trinajstić information content (AvgIpc) is 2.53. The lowest BCUT2D eigenvalue weighted by molar-refractivity contribution is 0.266. The van der Waals surface area contributed by atoms with Gasteiger partial charge in [-0.1, -0.05) is 15.9 Å². The van der Waals surface area contributed by atoms with Crippen molar-refractivity contribution in [3.05, 3.63) is 53.0 Å². The zero-order chi connectivity index (χ0) is 14.9. The number of ether oxygens (including phenoxy) is 3. The predicted molar refractivity (Wildman–Crippen MR) is 87.4 cm³/mol. The summed E-state index contributed by atoms with van der Waals surface area (Å²) in [5, 5.41) is 0. The lowest BCUT2D eigenvalue weighted by atomic mass is 10.3. The molecule has 0 aliphatic rings. The maximum Gasteiger partial charge on any atom is 0.119 e. The van der Waals surface area contributed by atoms with Crippen molar-refractivity contribution in [3.8, 4) is 17.2 Å². The van der Waals surface area contributed by atoms with Crippen molar-refractivity contribution < 1.29 is 14.2 Å². The van der Waals surface area contributed by atoms with E-state index in [0.29, 0.717) is 13.2 Å². The van der Waals surface area contributed by atoms with Crippen LogP contribution in [0.25, 0.3) is 0 Å². The maximum absolute atomic E-state index is 5.66. The monoisotopic (exact) mass is 350 g/mol. The van der Waals surface area contributed by atoms with Crippen LogP contribution in [0.4, 0.5) is 0 Å². The van der Waals surface area contributed by atoms with E-state index >= 15 is 0 Å². The smallest absolute Gasteiger partial charge is 0.119 e. The number of benzene rings is 2. The molecule has 0 heterocycles. The van der Waals surface area contributed by atoms with Crippen molar-refractivity contribution in [1.29, 1.82) is 0 Å². The van der Waals surface area contributed by atoms with Crippen LogP contribution in [-0.2, 0) is 0 Å². The number of hydrogen-bond donors (Lipinski definition) is 0. The van der Waals surface area contributed by atoms with Crippen molar-refractivity contribution in [2.24, 2.45) is 0 Å². The molecule has 2 rings (SSSR count). The first-order valence-corrected chi connectivity index (χ1v) is 7.72. The molecule has 0 bridgehead atoms. The summed E-state index contributed by atoms with van der Waals surface area (Å²) in [5.41, 5.74) is 0. The summed E-state index contributed by atoms with van der Waals surface area (Å²) in [6.07, 6.45) is 1.93. The maximum atomic E-state index is 5.66. The second kappa shape index (κ2) is 8.57. The van der Waals surface area contributed by atoms with E-state index in [-0.39, 0.29) is 0 Å². The van der Waals surface area contributed by atoms with E-state index in [2.05, 4.69) is 15.9 Å². The minimum absolute atomic E-state index is 0.691. The van der Waals surface area contributed by atoms with Gasteiger partial charge in [-0.05, 0) is 61.4 Å². The highest BCUT2D eigenvalue weighted by molar-refractivity contribution is 9.10. The van der Waals surface area contributed by atoms with E-state index in [0.717, 1.165) is 34.6 Å². The Bertz CT molecular complexity index is 523. The molecule has 0 N–H and O–H groups in total. The molecule has 0 spiro atoms. The molecule has 0 saturated carbocycles. The normalized spacial score (nSPS) is 10.2. The van der Waals surface area contributed by atoms with Crippen LogP contribution in [0.1, 0.15) is 12.8 Å². The van der Waals surface area contributed by atoms with E-state index in [1.165, 1.54) is 0 Å². The molecule has 2 aromatic carbocycles. The molecule has 0 aliphatic heterocycles. The number of halogens is 1. The lowest BCUT2D eigenvalue weighted by Gasteiger charge is -2.08. The summed E-state index contributed by atoms with van der Waals surface area (Å²) in [6.45, 7) is 1.39. The van der Waals surface area contributed by atoms with Crippen LogP contribution in [0.3, 0.4) is 0 Å². The van der Waals surface area contributed by atoms with E-state index in [9.17, 15) is 0 Å². The second-order valence-electron chi connectivity index (χ2n) is 4.53. The second-order valence-corrected chi connectivity index (χ2v) is 5.45. The average molecular weight is 351 g/mol. The van der Waals surface area contributed by atoms with Gasteiger partial charge in [0.2, 0.25) is 0 Å². The fraction of sp³-hybridized carbons (Fsp3) is 0.294. The van der Waals surface area contributed by atoms with Crippen LogP contribution >= 0.6 is 15.9 Å². The van der Waals surface area contributed by atoms with Gasteiger partial charge in [0, 0.05) is 4.47 Å². The molecular formula is C17H19BrO3. The van der Waals surface area contributed by atoms with E-state index in [1.54, 1.807) is 7.11 Å². The van der Waals surface area contributed by atoms with E-state index in [4.69, 9.17) is 14.2 Å². The summed E-state index contributed by atoms with van der Waals surface area (Å²) in [5.74, 6) is 2.60. The molecule has 0 radical (unpaired) electrons. The molecule has 112 valence electrons. The molecule has 0 amide bonds. The highest BCUT2D eigenvalue weighted by atomic mass is 79.9. The summed E-state index contributed by atoms with van der Waals surface area (Å²) in [4.78, 5) is 0. The number of methoxy groups -OCH3 is 1. The van der Waals surface area contributed by atoms with E-state index < -0.39 is 0 Å². The van der Waals surface area contributed by atoms with Gasteiger partial charge in [0.05, 0.1) is 20.3 Å². The highest BCUT2D eigenvalue weighted by Gasteiger charge is 1.97. The van der Waals surface area contributed by atoms with E-state index in [1.807, 2.05) is 48.5 Å². The number of unbranched alkanes of at least 4 members (excludes halogenated alkanes) is 1. The fourth-order valence-corrected chi connectivity index (χ4v) is 2.05. The first kappa shape index (κ1) is 15.7. The van der Waals surface area contributed by atoms with Crippen LogP contribution in [0.5, 0.6) is 17.2 Å². The zero-order valence-electron chi connectivity index (χ0n) is 12.0. The molecule has 4 heteroatoms. The van der Waals surface area contributed by atoms with Crippen molar-refractivity contribution in [2.75, 3.05) is 20.3 Å². The third-order valence-corrected chi connectivity index (χ3v) is 3.48. The Morgan fingerprint density at radius 3 is 1.62 bits per heavy atom. The quantitative estimate of drug-likeness (QED) is 0.646. The van der Waals surface area contributed by atoms with Gasteiger partial charge >= 0.3 is 0 Å². The number of hydrogen-bond acceptors (Lipinski definition) is 3. The Kier molecular flexibility index (Phi) is 6.41. The first-order valence-electron chi connectivity index (χ1n) is 6.93. The Morgan fingerprint density at radius 2 is 1.14 bits per heavy atom. The van der Waals surface area contributed by atoms with Crippen LogP contribution in [0.15, 0.2) is 53.0 Å². The SMILES string of the molecule is COc1ccc(OCCCCOc2ccc(Br)cc2)cc1. The first-order chi connectivity index (χ1) is 10.3. The van der Waals surface area contributed by atoms with Gasteiger partial charge in [0.15, 0.2) is 0 Å². The molecule has 0 aromatic heterocycles. The Labute approximate surface area is 134 Å². The largest absolute Gasteiger partial charge is 0.497 e. The minimum atomic E-state index is 0.691. The molecular weight excluding hydrogens is 332 g/mol. The molecule has 0 unspecified atom stereocenters. The van der Waals surface area contributed by atoms with Crippen LogP contribution in [0.2, 0.25) is 0 Å². The van der Waals surface area contributed by atoms with Crippen LogP contribution < -0.4 is 14.2 Å². The minimum Gasteiger partial charge on any atom is -0.497 e. The fourth-order valence-electron chi connectivity index (χ4n) is 1.79. The van der Waals surface area contributed by atoms with Crippen LogP contribution in [0, 0.1) is 0 Å². The van der Waals surface area contributed by atoms with Crippen molar-refractivity contribution in [1.82, 2.24) is 0 Å². The summed E-state index contributed by atoms with van der Waals surface area (Å²) < 4.78 is 17.5. The van der Waals surface area contributed by atoms with Crippen molar-refractivity contribution >= 4 is 15.9 Å². The summed E-state index contributed by atoms with van der Waals surface area (Å²) >= 11 is 3.40. The Balaban J connectivity index is 1.58. The molecule has 0 aliphatic carbocycles.